The van der Waals surface area contributed by atoms with E-state index in [1.54, 1.807) is 14.1 Å². The number of anilines is 1. The molecule has 2 aromatic rings. The SMILES string of the molecule is CN(C)C(=O)c1ccc(Cl)c(NC(=O)c2ccc(OCC(F)(F)F)nc2)c1. The highest BCUT2D eigenvalue weighted by atomic mass is 35.5. The first-order valence-electron chi connectivity index (χ1n) is 7.55. The standard InChI is InChI=1S/C17H15ClF3N3O3/c1-24(2)16(26)10-3-5-12(18)13(7-10)23-15(25)11-4-6-14(22-8-11)27-9-17(19,20)21/h3-8H,9H2,1-2H3,(H,23,25). The maximum atomic E-state index is 12.3. The molecule has 0 atom stereocenters. The van der Waals surface area contributed by atoms with Crippen LogP contribution in [0.15, 0.2) is 36.5 Å². The summed E-state index contributed by atoms with van der Waals surface area (Å²) in [7, 11) is 3.17. The molecule has 0 spiro atoms. The molecule has 1 heterocycles. The van der Waals surface area contributed by atoms with Crippen molar-refractivity contribution in [2.75, 3.05) is 26.0 Å². The maximum Gasteiger partial charge on any atom is 0.422 e. The number of alkyl halides is 3. The molecule has 0 aliphatic carbocycles. The molecule has 0 saturated heterocycles. The first-order chi connectivity index (χ1) is 12.6. The molecular formula is C17H15ClF3N3O3. The van der Waals surface area contributed by atoms with Gasteiger partial charge >= 0.3 is 6.18 Å². The molecule has 1 aromatic carbocycles. The van der Waals surface area contributed by atoms with Crippen LogP contribution in [0.5, 0.6) is 5.88 Å². The molecule has 0 unspecified atom stereocenters. The van der Waals surface area contributed by atoms with Crippen molar-refractivity contribution in [1.82, 2.24) is 9.88 Å². The molecule has 144 valence electrons. The van der Waals surface area contributed by atoms with Gasteiger partial charge < -0.3 is 15.0 Å². The minimum absolute atomic E-state index is 0.0785. The Balaban J connectivity index is 2.11. The van der Waals surface area contributed by atoms with Gasteiger partial charge in [0.15, 0.2) is 6.61 Å². The smallest absolute Gasteiger partial charge is 0.422 e. The third kappa shape index (κ3) is 5.85. The molecule has 2 rings (SSSR count). The van der Waals surface area contributed by atoms with E-state index in [1.165, 1.54) is 29.2 Å². The fourth-order valence-corrected chi connectivity index (χ4v) is 2.13. The van der Waals surface area contributed by atoms with Gasteiger partial charge in [0, 0.05) is 31.9 Å². The largest absolute Gasteiger partial charge is 0.468 e. The molecule has 0 aliphatic rings. The lowest BCUT2D eigenvalue weighted by Gasteiger charge is -2.13. The van der Waals surface area contributed by atoms with Gasteiger partial charge in [0.05, 0.1) is 16.3 Å². The van der Waals surface area contributed by atoms with E-state index in [9.17, 15) is 22.8 Å². The average Bonchev–Trinajstić information content (AvgIpc) is 2.61. The predicted octanol–water partition coefficient (Wildman–Crippen LogP) is 3.63. The van der Waals surface area contributed by atoms with Gasteiger partial charge in [-0.25, -0.2) is 4.98 Å². The Hall–Kier alpha value is -2.81. The van der Waals surface area contributed by atoms with Crippen LogP contribution in [0.3, 0.4) is 0 Å². The Labute approximate surface area is 157 Å². The summed E-state index contributed by atoms with van der Waals surface area (Å²) in [5, 5.41) is 2.75. The number of ether oxygens (including phenoxy) is 1. The fraction of sp³-hybridized carbons (Fsp3) is 0.235. The summed E-state index contributed by atoms with van der Waals surface area (Å²) in [5.74, 6) is -1.13. The number of hydrogen-bond acceptors (Lipinski definition) is 4. The maximum absolute atomic E-state index is 12.3. The van der Waals surface area contributed by atoms with E-state index in [4.69, 9.17) is 11.6 Å². The lowest BCUT2D eigenvalue weighted by atomic mass is 10.1. The Morgan fingerprint density at radius 3 is 2.41 bits per heavy atom. The van der Waals surface area contributed by atoms with Crippen molar-refractivity contribution >= 4 is 29.1 Å². The van der Waals surface area contributed by atoms with Crippen molar-refractivity contribution in [2.45, 2.75) is 6.18 Å². The molecular weight excluding hydrogens is 387 g/mol. The normalized spacial score (nSPS) is 11.0. The molecule has 0 bridgehead atoms. The molecule has 6 nitrogen and oxygen atoms in total. The summed E-state index contributed by atoms with van der Waals surface area (Å²) in [6.07, 6.45) is -3.41. The molecule has 27 heavy (non-hydrogen) atoms. The highest BCUT2D eigenvalue weighted by Gasteiger charge is 2.28. The van der Waals surface area contributed by atoms with Crippen LogP contribution >= 0.6 is 11.6 Å². The van der Waals surface area contributed by atoms with Gasteiger partial charge in [-0.2, -0.15) is 13.2 Å². The Morgan fingerprint density at radius 2 is 1.85 bits per heavy atom. The van der Waals surface area contributed by atoms with Crippen LogP contribution in [0.25, 0.3) is 0 Å². The zero-order valence-corrected chi connectivity index (χ0v) is 15.1. The van der Waals surface area contributed by atoms with Crippen molar-refractivity contribution in [2.24, 2.45) is 0 Å². The van der Waals surface area contributed by atoms with Crippen LogP contribution in [-0.2, 0) is 0 Å². The molecule has 10 heteroatoms. The molecule has 2 amide bonds. The quantitative estimate of drug-likeness (QED) is 0.830. The van der Waals surface area contributed by atoms with Gasteiger partial charge in [-0.15, -0.1) is 0 Å². The number of rotatable bonds is 5. The third-order valence-corrected chi connectivity index (χ3v) is 3.58. The summed E-state index contributed by atoms with van der Waals surface area (Å²) in [6, 6.07) is 6.83. The second-order valence-electron chi connectivity index (χ2n) is 5.64. The number of aromatic nitrogens is 1. The highest BCUT2D eigenvalue weighted by Crippen LogP contribution is 2.24. The van der Waals surface area contributed by atoms with Crippen LogP contribution in [0.4, 0.5) is 18.9 Å². The van der Waals surface area contributed by atoms with Gasteiger partial charge in [-0.1, -0.05) is 11.6 Å². The van der Waals surface area contributed by atoms with Gasteiger partial charge in [0.1, 0.15) is 0 Å². The van der Waals surface area contributed by atoms with E-state index in [0.29, 0.717) is 5.56 Å². The zero-order chi connectivity index (χ0) is 20.2. The molecule has 1 N–H and O–H groups in total. The first kappa shape index (κ1) is 20.5. The average molecular weight is 402 g/mol. The van der Waals surface area contributed by atoms with E-state index in [-0.39, 0.29) is 28.1 Å². The van der Waals surface area contributed by atoms with Crippen molar-refractivity contribution in [1.29, 1.82) is 0 Å². The lowest BCUT2D eigenvalue weighted by Crippen LogP contribution is -2.22. The van der Waals surface area contributed by atoms with E-state index < -0.39 is 18.7 Å². The monoisotopic (exact) mass is 401 g/mol. The minimum atomic E-state index is -4.48. The van der Waals surface area contributed by atoms with Crippen LogP contribution < -0.4 is 10.1 Å². The van der Waals surface area contributed by atoms with Crippen LogP contribution in [0.1, 0.15) is 20.7 Å². The van der Waals surface area contributed by atoms with E-state index in [0.717, 1.165) is 12.3 Å². The predicted molar refractivity (Wildman–Crippen MR) is 93.2 cm³/mol. The molecule has 0 saturated carbocycles. The number of nitrogens with zero attached hydrogens (tertiary/aromatic N) is 2. The van der Waals surface area contributed by atoms with Gasteiger partial charge in [0.25, 0.3) is 11.8 Å². The Bertz CT molecular complexity index is 840. The van der Waals surface area contributed by atoms with E-state index in [1.807, 2.05) is 0 Å². The second kappa shape index (κ2) is 8.26. The van der Waals surface area contributed by atoms with Crippen molar-refractivity contribution in [3.8, 4) is 5.88 Å². The van der Waals surface area contributed by atoms with Gasteiger partial charge in [-0.3, -0.25) is 9.59 Å². The Morgan fingerprint density at radius 1 is 1.19 bits per heavy atom. The summed E-state index contributed by atoms with van der Waals surface area (Å²) < 4.78 is 40.8. The summed E-state index contributed by atoms with van der Waals surface area (Å²) >= 11 is 6.04. The number of nitrogens with one attached hydrogen (secondary N) is 1. The molecule has 1 aromatic heterocycles. The first-order valence-corrected chi connectivity index (χ1v) is 7.93. The summed E-state index contributed by atoms with van der Waals surface area (Å²) in [5.41, 5.74) is 0.621. The molecule has 0 aliphatic heterocycles. The fourth-order valence-electron chi connectivity index (χ4n) is 1.96. The molecule has 0 radical (unpaired) electrons. The van der Waals surface area contributed by atoms with Crippen LogP contribution in [0.2, 0.25) is 5.02 Å². The number of carbonyl (C=O) groups is 2. The van der Waals surface area contributed by atoms with E-state index >= 15 is 0 Å². The number of carbonyl (C=O) groups excluding carboxylic acids is 2. The third-order valence-electron chi connectivity index (χ3n) is 3.25. The number of benzene rings is 1. The Kier molecular flexibility index (Phi) is 6.27. The van der Waals surface area contributed by atoms with E-state index in [2.05, 4.69) is 15.0 Å². The minimum Gasteiger partial charge on any atom is -0.468 e. The number of hydrogen-bond donors (Lipinski definition) is 1. The zero-order valence-electron chi connectivity index (χ0n) is 14.3. The van der Waals surface area contributed by atoms with Crippen molar-refractivity contribution in [3.05, 3.63) is 52.7 Å². The van der Waals surface area contributed by atoms with Gasteiger partial charge in [0.2, 0.25) is 5.88 Å². The number of halogens is 4. The highest BCUT2D eigenvalue weighted by molar-refractivity contribution is 6.34. The topological polar surface area (TPSA) is 71.5 Å². The number of amides is 2. The second-order valence-corrected chi connectivity index (χ2v) is 6.04. The van der Waals surface area contributed by atoms with Crippen LogP contribution in [0, 0.1) is 0 Å². The number of pyridine rings is 1. The summed E-state index contributed by atoms with van der Waals surface area (Å²) in [4.78, 5) is 29.3. The van der Waals surface area contributed by atoms with Crippen molar-refractivity contribution < 1.29 is 27.5 Å². The van der Waals surface area contributed by atoms with Crippen LogP contribution in [-0.4, -0.2) is 48.6 Å². The van der Waals surface area contributed by atoms with Gasteiger partial charge in [-0.05, 0) is 24.3 Å². The van der Waals surface area contributed by atoms with Crippen molar-refractivity contribution in [3.63, 3.8) is 0 Å². The molecule has 0 fully saturated rings. The lowest BCUT2D eigenvalue weighted by molar-refractivity contribution is -0.154. The summed E-state index contributed by atoms with van der Waals surface area (Å²) in [6.45, 7) is -1.48.